The van der Waals surface area contributed by atoms with Crippen LogP contribution in [0.1, 0.15) is 52.2 Å². The minimum absolute atomic E-state index is 0.0907. The van der Waals surface area contributed by atoms with Crippen molar-refractivity contribution < 1.29 is 24.2 Å². The topological polar surface area (TPSA) is 122 Å². The molecule has 0 aliphatic heterocycles. The van der Waals surface area contributed by atoms with Crippen molar-refractivity contribution in [3.05, 3.63) is 65.7 Å². The highest BCUT2D eigenvalue weighted by atomic mass is 16.6. The van der Waals surface area contributed by atoms with Gasteiger partial charge in [-0.2, -0.15) is 0 Å². The lowest BCUT2D eigenvalue weighted by atomic mass is 9.94. The smallest absolute Gasteiger partial charge is 0.408 e. The van der Waals surface area contributed by atoms with Crippen LogP contribution in [0.25, 0.3) is 0 Å². The molecular weight excluding hydrogens is 446 g/mol. The Balaban J connectivity index is 2.46. The number of nitrogens with one attached hydrogen (secondary N) is 1. The van der Waals surface area contributed by atoms with Crippen LogP contribution in [-0.4, -0.2) is 45.6 Å². The summed E-state index contributed by atoms with van der Waals surface area (Å²) < 4.78 is 5.40. The van der Waals surface area contributed by atoms with Crippen molar-refractivity contribution in [1.82, 2.24) is 10.2 Å². The van der Waals surface area contributed by atoms with Crippen LogP contribution in [0.15, 0.2) is 54.6 Å². The quantitative estimate of drug-likeness (QED) is 0.475. The number of primary amides is 1. The summed E-state index contributed by atoms with van der Waals surface area (Å²) in [7, 11) is 0. The number of hydrogen-bond donors (Lipinski definition) is 3. The molecule has 0 aliphatic rings. The monoisotopic (exact) mass is 483 g/mol. The van der Waals surface area contributed by atoms with Crippen LogP contribution in [0.2, 0.25) is 0 Å². The Hall–Kier alpha value is -3.55. The van der Waals surface area contributed by atoms with Crippen LogP contribution in [-0.2, 0) is 27.3 Å². The van der Waals surface area contributed by atoms with E-state index in [0.717, 1.165) is 11.1 Å². The summed E-state index contributed by atoms with van der Waals surface area (Å²) in [5.41, 5.74) is 6.58. The molecule has 0 aromatic heterocycles. The number of nitrogens with two attached hydrogens (primary N) is 1. The highest BCUT2D eigenvalue weighted by molar-refractivity contribution is 5.91. The average molecular weight is 484 g/mol. The Bertz CT molecular complexity index is 986. The molecule has 4 N–H and O–H groups in total. The molecule has 0 heterocycles. The lowest BCUT2D eigenvalue weighted by Crippen LogP contribution is -2.57. The molecule has 0 unspecified atom stereocenters. The van der Waals surface area contributed by atoms with Crippen LogP contribution < -0.4 is 11.1 Å². The number of amides is 3. The zero-order valence-corrected chi connectivity index (χ0v) is 21.2. The molecule has 0 saturated heterocycles. The van der Waals surface area contributed by atoms with Gasteiger partial charge in [0.1, 0.15) is 23.4 Å². The standard InChI is InChI=1S/C27H37N3O5/c1-6-18(2)23(24(28)32)30(17-20-10-8-7-9-11-20)25(33)22(29-26(34)35-27(3,4)5)16-19-12-14-21(31)15-13-19/h7-15,18,22-23,31H,6,16-17H2,1-5H3,(H2,28,32)(H,29,34)/t18-,22-,23-/m0/s1. The fourth-order valence-electron chi connectivity index (χ4n) is 3.78. The number of carbonyl (C=O) groups excluding carboxylic acids is 3. The van der Waals surface area contributed by atoms with Gasteiger partial charge in [0.25, 0.3) is 0 Å². The van der Waals surface area contributed by atoms with Gasteiger partial charge in [-0.15, -0.1) is 0 Å². The van der Waals surface area contributed by atoms with Gasteiger partial charge in [0.2, 0.25) is 11.8 Å². The highest BCUT2D eigenvalue weighted by Gasteiger charge is 2.37. The van der Waals surface area contributed by atoms with Gasteiger partial charge in [0, 0.05) is 13.0 Å². The van der Waals surface area contributed by atoms with Crippen molar-refractivity contribution in [1.29, 1.82) is 0 Å². The zero-order valence-electron chi connectivity index (χ0n) is 21.2. The van der Waals surface area contributed by atoms with Crippen molar-refractivity contribution >= 4 is 17.9 Å². The fourth-order valence-corrected chi connectivity index (χ4v) is 3.78. The first-order valence-electron chi connectivity index (χ1n) is 11.8. The number of hydrogen-bond acceptors (Lipinski definition) is 5. The normalized spacial score (nSPS) is 13.9. The Morgan fingerprint density at radius 2 is 1.63 bits per heavy atom. The number of phenolic OH excluding ortho intramolecular Hbond substituents is 1. The van der Waals surface area contributed by atoms with Gasteiger partial charge in [-0.3, -0.25) is 9.59 Å². The minimum atomic E-state index is -1.02. The summed E-state index contributed by atoms with van der Waals surface area (Å²) in [6, 6.07) is 13.8. The zero-order chi connectivity index (χ0) is 26.2. The second-order valence-corrected chi connectivity index (χ2v) is 9.75. The molecule has 8 nitrogen and oxygen atoms in total. The first kappa shape index (κ1) is 27.7. The van der Waals surface area contributed by atoms with Crippen molar-refractivity contribution in [2.45, 2.75) is 71.7 Å². The van der Waals surface area contributed by atoms with E-state index < -0.39 is 35.6 Å². The third-order valence-electron chi connectivity index (χ3n) is 5.65. The molecule has 3 atom stereocenters. The Morgan fingerprint density at radius 1 is 1.03 bits per heavy atom. The fraction of sp³-hybridized carbons (Fsp3) is 0.444. The Labute approximate surface area is 207 Å². The number of aromatic hydroxyl groups is 1. The summed E-state index contributed by atoms with van der Waals surface area (Å²) in [6.07, 6.45) is 0.0256. The predicted molar refractivity (Wildman–Crippen MR) is 134 cm³/mol. The molecule has 0 bridgehead atoms. The molecule has 0 fully saturated rings. The number of carbonyl (C=O) groups is 3. The Kier molecular flexibility index (Phi) is 9.68. The maximum absolute atomic E-state index is 14.0. The second-order valence-electron chi connectivity index (χ2n) is 9.75. The van der Waals surface area contributed by atoms with Crippen molar-refractivity contribution in [3.63, 3.8) is 0 Å². The molecule has 3 amide bonds. The number of benzene rings is 2. The lowest BCUT2D eigenvalue weighted by molar-refractivity contribution is -0.143. The molecule has 35 heavy (non-hydrogen) atoms. The summed E-state index contributed by atoms with van der Waals surface area (Å²) in [5.74, 6) is -1.16. The summed E-state index contributed by atoms with van der Waals surface area (Å²) in [4.78, 5) is 40.6. The molecule has 0 aliphatic carbocycles. The van der Waals surface area contributed by atoms with Crippen molar-refractivity contribution in [3.8, 4) is 5.75 Å². The molecule has 8 heteroatoms. The van der Waals surface area contributed by atoms with Crippen LogP contribution in [0.3, 0.4) is 0 Å². The number of alkyl carbamates (subject to hydrolysis) is 1. The van der Waals surface area contributed by atoms with Crippen LogP contribution >= 0.6 is 0 Å². The van der Waals surface area contributed by atoms with E-state index in [1.807, 2.05) is 44.2 Å². The summed E-state index contributed by atoms with van der Waals surface area (Å²) in [6.45, 7) is 9.15. The first-order valence-corrected chi connectivity index (χ1v) is 11.8. The number of phenols is 1. The van der Waals surface area contributed by atoms with E-state index in [-0.39, 0.29) is 24.6 Å². The van der Waals surface area contributed by atoms with Crippen molar-refractivity contribution in [2.24, 2.45) is 11.7 Å². The molecule has 2 aromatic carbocycles. The van der Waals surface area contributed by atoms with Gasteiger partial charge in [-0.05, 0) is 49.9 Å². The minimum Gasteiger partial charge on any atom is -0.508 e. The number of nitrogens with zero attached hydrogens (tertiary/aromatic N) is 1. The second kappa shape index (κ2) is 12.2. The largest absolute Gasteiger partial charge is 0.508 e. The van der Waals surface area contributed by atoms with E-state index in [1.165, 1.54) is 17.0 Å². The number of ether oxygens (including phenoxy) is 1. The highest BCUT2D eigenvalue weighted by Crippen LogP contribution is 2.21. The van der Waals surface area contributed by atoms with Gasteiger partial charge < -0.3 is 25.8 Å². The van der Waals surface area contributed by atoms with Gasteiger partial charge >= 0.3 is 6.09 Å². The molecular formula is C27H37N3O5. The van der Waals surface area contributed by atoms with E-state index in [0.29, 0.717) is 6.42 Å². The average Bonchev–Trinajstić information content (AvgIpc) is 2.78. The molecule has 2 aromatic rings. The lowest BCUT2D eigenvalue weighted by Gasteiger charge is -2.36. The molecule has 2 rings (SSSR count). The van der Waals surface area contributed by atoms with E-state index in [2.05, 4.69) is 5.32 Å². The van der Waals surface area contributed by atoms with Gasteiger partial charge in [0.05, 0.1) is 0 Å². The van der Waals surface area contributed by atoms with E-state index in [4.69, 9.17) is 10.5 Å². The van der Waals surface area contributed by atoms with Crippen LogP contribution in [0, 0.1) is 5.92 Å². The summed E-state index contributed by atoms with van der Waals surface area (Å²) in [5, 5.41) is 12.3. The molecule has 0 saturated carbocycles. The predicted octanol–water partition coefficient (Wildman–Crippen LogP) is 3.76. The van der Waals surface area contributed by atoms with Crippen LogP contribution in [0.4, 0.5) is 4.79 Å². The third-order valence-corrected chi connectivity index (χ3v) is 5.65. The molecule has 0 spiro atoms. The SMILES string of the molecule is CC[C@H](C)[C@@H](C(N)=O)N(Cc1ccccc1)C(=O)[C@H](Cc1ccc(O)cc1)NC(=O)OC(C)(C)C. The maximum Gasteiger partial charge on any atom is 0.408 e. The van der Waals surface area contributed by atoms with E-state index >= 15 is 0 Å². The number of rotatable bonds is 10. The van der Waals surface area contributed by atoms with Gasteiger partial charge in [-0.25, -0.2) is 4.79 Å². The van der Waals surface area contributed by atoms with Crippen LogP contribution in [0.5, 0.6) is 5.75 Å². The van der Waals surface area contributed by atoms with Crippen molar-refractivity contribution in [2.75, 3.05) is 0 Å². The van der Waals surface area contributed by atoms with E-state index in [1.54, 1.807) is 32.9 Å². The van der Waals surface area contributed by atoms with E-state index in [9.17, 15) is 19.5 Å². The Morgan fingerprint density at radius 3 is 2.14 bits per heavy atom. The van der Waals surface area contributed by atoms with Gasteiger partial charge in [0.15, 0.2) is 0 Å². The maximum atomic E-state index is 14.0. The first-order chi connectivity index (χ1) is 16.4. The summed E-state index contributed by atoms with van der Waals surface area (Å²) >= 11 is 0. The molecule has 0 radical (unpaired) electrons. The third kappa shape index (κ3) is 8.63. The van der Waals surface area contributed by atoms with Gasteiger partial charge in [-0.1, -0.05) is 62.7 Å². The molecule has 190 valence electrons.